The third kappa shape index (κ3) is 7.69. The molecular formula is C40H49ClN6O9. The molecule has 56 heavy (non-hydrogen) atoms. The molecule has 3 heterocycles. The summed E-state index contributed by atoms with van der Waals surface area (Å²) in [7, 11) is 1.25. The van der Waals surface area contributed by atoms with Crippen LogP contribution in [0.25, 0.3) is 22.3 Å². The predicted molar refractivity (Wildman–Crippen MR) is 206 cm³/mol. The van der Waals surface area contributed by atoms with Gasteiger partial charge >= 0.3 is 12.1 Å². The first-order valence-electron chi connectivity index (χ1n) is 19.0. The highest BCUT2D eigenvalue weighted by molar-refractivity contribution is 6.36. The molecule has 2 aromatic heterocycles. The number of carbonyl (C=O) groups excluding carboxylic acids is 4. The van der Waals surface area contributed by atoms with Gasteiger partial charge in [-0.15, -0.1) is 6.58 Å². The van der Waals surface area contributed by atoms with Gasteiger partial charge in [0.2, 0.25) is 11.8 Å². The highest BCUT2D eigenvalue weighted by Crippen LogP contribution is 2.52. The third-order valence-corrected chi connectivity index (χ3v) is 11.6. The van der Waals surface area contributed by atoms with Crippen LogP contribution in [0, 0.1) is 23.2 Å². The Morgan fingerprint density at radius 1 is 1.09 bits per heavy atom. The van der Waals surface area contributed by atoms with E-state index in [1.54, 1.807) is 18.2 Å². The van der Waals surface area contributed by atoms with E-state index in [0.717, 1.165) is 12.8 Å². The number of fused-ring (bicyclic) bond motifs is 2. The van der Waals surface area contributed by atoms with Crippen molar-refractivity contribution in [3.05, 3.63) is 42.1 Å². The van der Waals surface area contributed by atoms with Crippen LogP contribution in [0.2, 0.25) is 5.02 Å². The second kappa shape index (κ2) is 14.8. The zero-order chi connectivity index (χ0) is 40.3. The summed E-state index contributed by atoms with van der Waals surface area (Å²) in [5.41, 5.74) is -1.17. The van der Waals surface area contributed by atoms with Crippen molar-refractivity contribution in [3.63, 3.8) is 0 Å². The minimum Gasteiger partial charge on any atom is -0.506 e. The molecule has 3 aliphatic carbocycles. The first-order valence-corrected chi connectivity index (χ1v) is 19.4. The van der Waals surface area contributed by atoms with Crippen LogP contribution >= 0.6 is 11.6 Å². The van der Waals surface area contributed by atoms with Gasteiger partial charge in [-0.05, 0) is 68.9 Å². The Labute approximate surface area is 329 Å². The average molecular weight is 793 g/mol. The van der Waals surface area contributed by atoms with E-state index < -0.39 is 53.0 Å². The molecule has 0 radical (unpaired) electrons. The van der Waals surface area contributed by atoms with E-state index >= 15 is 0 Å². The van der Waals surface area contributed by atoms with E-state index in [0.29, 0.717) is 40.8 Å². The van der Waals surface area contributed by atoms with Crippen LogP contribution in [0.4, 0.5) is 10.8 Å². The fraction of sp³-hybridized carbons (Fsp3) is 0.550. The van der Waals surface area contributed by atoms with Crippen LogP contribution in [0.3, 0.4) is 0 Å². The van der Waals surface area contributed by atoms with Crippen LogP contribution < -0.4 is 20.7 Å². The molecule has 7 rings (SSSR count). The number of aromatic hydroxyl groups is 1. The van der Waals surface area contributed by atoms with E-state index in [4.69, 9.17) is 30.2 Å². The maximum Gasteiger partial charge on any atom is 0.408 e. The third-order valence-electron chi connectivity index (χ3n) is 11.2. The molecule has 1 saturated heterocycles. The SMILES string of the molecule is C=C[C@@H]1C[C@]1(NC(=O)[C@@H]1CC(Oc2cc(-c3coc(NC(C)C)n3)nc3c(Cl)c(O)ccc23)CN1C(=O)[C@@H](NC(=O)OC1C[C@@H]2C[C@@H]2C1)C(C)(C)C)C(=O)OC. The summed E-state index contributed by atoms with van der Waals surface area (Å²) in [5, 5.41) is 19.7. The second-order valence-electron chi connectivity index (χ2n) is 16.8. The largest absolute Gasteiger partial charge is 0.506 e. The lowest BCUT2D eigenvalue weighted by Crippen LogP contribution is -2.59. The number of carbonyl (C=O) groups is 4. The first-order chi connectivity index (χ1) is 26.5. The van der Waals surface area contributed by atoms with Gasteiger partial charge in [-0.1, -0.05) is 38.4 Å². The molecule has 0 bridgehead atoms. The number of hydrogen-bond acceptors (Lipinski definition) is 12. The Morgan fingerprint density at radius 2 is 1.82 bits per heavy atom. The number of amides is 3. The van der Waals surface area contributed by atoms with Gasteiger partial charge in [0.15, 0.2) is 0 Å². The molecule has 3 aromatic rings. The number of alkyl carbamates (subject to hydrolysis) is 1. The van der Waals surface area contributed by atoms with E-state index in [2.05, 4.69) is 32.5 Å². The van der Waals surface area contributed by atoms with Crippen molar-refractivity contribution in [3.8, 4) is 22.9 Å². The van der Waals surface area contributed by atoms with E-state index in [-0.39, 0.29) is 53.3 Å². The van der Waals surface area contributed by atoms with Gasteiger partial charge in [-0.3, -0.25) is 9.59 Å². The zero-order valence-corrected chi connectivity index (χ0v) is 33.1. The van der Waals surface area contributed by atoms with Crippen molar-refractivity contribution in [2.75, 3.05) is 19.0 Å². The monoisotopic (exact) mass is 792 g/mol. The molecule has 3 saturated carbocycles. The molecule has 4 N–H and O–H groups in total. The fourth-order valence-electron chi connectivity index (χ4n) is 8.06. The minimum absolute atomic E-state index is 0.00590. The number of oxazole rings is 1. The van der Waals surface area contributed by atoms with Gasteiger partial charge in [-0.2, -0.15) is 4.98 Å². The number of pyridine rings is 1. The number of phenols is 1. The Kier molecular flexibility index (Phi) is 10.4. The Hall–Kier alpha value is -5.05. The number of likely N-dealkylation sites (tertiary alicyclic amines) is 1. The Balaban J connectivity index is 1.20. The van der Waals surface area contributed by atoms with Crippen LogP contribution in [0.5, 0.6) is 11.5 Å². The number of hydrogen-bond donors (Lipinski definition) is 4. The number of nitrogens with zero attached hydrogens (tertiary/aromatic N) is 3. The number of esters is 1. The molecule has 1 aliphatic heterocycles. The topological polar surface area (TPSA) is 194 Å². The number of aromatic nitrogens is 2. The Morgan fingerprint density at radius 3 is 2.46 bits per heavy atom. The lowest BCUT2D eigenvalue weighted by Gasteiger charge is -2.35. The van der Waals surface area contributed by atoms with Gasteiger partial charge in [0.05, 0.1) is 24.9 Å². The minimum atomic E-state index is -1.31. The zero-order valence-electron chi connectivity index (χ0n) is 32.4. The fourth-order valence-corrected chi connectivity index (χ4v) is 8.27. The molecule has 0 spiro atoms. The van der Waals surface area contributed by atoms with E-state index in [9.17, 15) is 24.3 Å². The van der Waals surface area contributed by atoms with Crippen molar-refractivity contribution >= 4 is 52.4 Å². The average Bonchev–Trinajstić information content (AvgIpc) is 3.80. The standard InChI is InChI=1S/C40H49ClN6O9/c1-8-22-16-40(22,36(51)53-7)46-34(49)28-14-24(17-47(28)35(50)33(39(4,5)6)45-38(52)56-23-12-20-11-21(20)13-23)55-30-15-26(27-18-54-37(44-27)42-19(2)3)43-32-25(30)9-10-29(48)31(32)41/h8-10,15,18-24,28,33,48H,1,11-14,16-17H2,2-7H3,(H,42,44)(H,45,52)(H,46,49)/t20-,21+,22-,23?,24?,28+,33-,40-/m1/s1. The van der Waals surface area contributed by atoms with Crippen molar-refractivity contribution < 1.29 is 42.9 Å². The number of anilines is 1. The number of phenolic OH excluding ortho intramolecular Hbond substituents is 1. The number of methoxy groups -OCH3 is 1. The van der Waals surface area contributed by atoms with Crippen molar-refractivity contribution in [1.29, 1.82) is 0 Å². The number of nitrogens with one attached hydrogen (secondary N) is 3. The highest BCUT2D eigenvalue weighted by Gasteiger charge is 2.62. The number of halogens is 1. The van der Waals surface area contributed by atoms with Crippen LogP contribution in [-0.2, 0) is 23.9 Å². The highest BCUT2D eigenvalue weighted by atomic mass is 35.5. The van der Waals surface area contributed by atoms with Gasteiger partial charge < -0.3 is 44.6 Å². The lowest BCUT2D eigenvalue weighted by atomic mass is 9.85. The van der Waals surface area contributed by atoms with Crippen molar-refractivity contribution in [2.45, 2.75) is 103 Å². The summed E-state index contributed by atoms with van der Waals surface area (Å²) >= 11 is 6.57. The summed E-state index contributed by atoms with van der Waals surface area (Å²) < 4.78 is 23.0. The van der Waals surface area contributed by atoms with Gasteiger partial charge in [0.25, 0.3) is 6.01 Å². The molecule has 3 amide bonds. The molecule has 8 atom stereocenters. The molecule has 4 fully saturated rings. The summed E-state index contributed by atoms with van der Waals surface area (Å²) in [6, 6.07) is 2.84. The Bertz CT molecular complexity index is 2050. The van der Waals surface area contributed by atoms with Gasteiger partial charge in [0.1, 0.15) is 58.3 Å². The summed E-state index contributed by atoms with van der Waals surface area (Å²) in [4.78, 5) is 65.7. The quantitative estimate of drug-likeness (QED) is 0.131. The van der Waals surface area contributed by atoms with Crippen LogP contribution in [0.1, 0.15) is 66.7 Å². The van der Waals surface area contributed by atoms with E-state index in [1.165, 1.54) is 30.8 Å². The molecule has 4 aliphatic rings. The van der Waals surface area contributed by atoms with Crippen molar-refractivity contribution in [2.24, 2.45) is 23.2 Å². The smallest absolute Gasteiger partial charge is 0.408 e. The first kappa shape index (κ1) is 39.2. The summed E-state index contributed by atoms with van der Waals surface area (Å²) in [6.07, 6.45) is 4.49. The van der Waals surface area contributed by atoms with Gasteiger partial charge in [-0.25, -0.2) is 14.6 Å². The summed E-state index contributed by atoms with van der Waals surface area (Å²) in [5.74, 6) is -0.758. The number of benzene rings is 1. The molecule has 1 aromatic carbocycles. The molecule has 15 nitrogen and oxygen atoms in total. The molecular weight excluding hydrogens is 744 g/mol. The van der Waals surface area contributed by atoms with Crippen LogP contribution in [-0.4, -0.2) is 93.4 Å². The van der Waals surface area contributed by atoms with Crippen molar-refractivity contribution in [1.82, 2.24) is 25.5 Å². The van der Waals surface area contributed by atoms with E-state index in [1.807, 2.05) is 34.6 Å². The normalized spacial score (nSPS) is 27.0. The maximum absolute atomic E-state index is 14.7. The van der Waals surface area contributed by atoms with Crippen LogP contribution in [0.15, 0.2) is 41.5 Å². The maximum atomic E-state index is 14.7. The number of rotatable bonds is 12. The molecule has 16 heteroatoms. The second-order valence-corrected chi connectivity index (χ2v) is 17.2. The van der Waals surface area contributed by atoms with Gasteiger partial charge in [0, 0.05) is 29.8 Å². The molecule has 2 unspecified atom stereocenters. The predicted octanol–water partition coefficient (Wildman–Crippen LogP) is 5.59. The summed E-state index contributed by atoms with van der Waals surface area (Å²) in [6.45, 7) is 13.1. The molecule has 300 valence electrons. The lowest BCUT2D eigenvalue weighted by molar-refractivity contribution is -0.148. The number of ether oxygens (including phenoxy) is 3.